The zero-order valence-electron chi connectivity index (χ0n) is 11.5. The molecular formula is C17H18O2. The Labute approximate surface area is 114 Å². The minimum atomic E-state index is -0.297. The van der Waals surface area contributed by atoms with Crippen LogP contribution < -0.4 is 4.74 Å². The van der Waals surface area contributed by atoms with Crippen molar-refractivity contribution in [2.75, 3.05) is 0 Å². The number of esters is 1. The van der Waals surface area contributed by atoms with Crippen molar-refractivity contribution in [3.05, 3.63) is 54.1 Å². The maximum absolute atomic E-state index is 11.0. The minimum Gasteiger partial charge on any atom is -0.427 e. The Kier molecular flexibility index (Phi) is 4.00. The number of carbonyl (C=O) groups excluding carboxylic acids is 1. The van der Waals surface area contributed by atoms with Gasteiger partial charge in [-0.05, 0) is 34.7 Å². The summed E-state index contributed by atoms with van der Waals surface area (Å²) in [5.41, 5.74) is 3.55. The van der Waals surface area contributed by atoms with E-state index in [0.29, 0.717) is 11.7 Å². The molecule has 0 aromatic heterocycles. The van der Waals surface area contributed by atoms with Gasteiger partial charge >= 0.3 is 5.97 Å². The first-order valence-corrected chi connectivity index (χ1v) is 6.45. The summed E-state index contributed by atoms with van der Waals surface area (Å²) in [7, 11) is 0. The average molecular weight is 254 g/mol. The molecule has 2 aromatic rings. The molecule has 0 bridgehead atoms. The van der Waals surface area contributed by atoms with E-state index < -0.39 is 0 Å². The lowest BCUT2D eigenvalue weighted by atomic mass is 9.93. The number of ether oxygens (including phenoxy) is 1. The lowest BCUT2D eigenvalue weighted by Gasteiger charge is -2.13. The van der Waals surface area contributed by atoms with Gasteiger partial charge in [0.05, 0.1) is 0 Å². The summed E-state index contributed by atoms with van der Waals surface area (Å²) < 4.78 is 5.14. The molecule has 2 nitrogen and oxygen atoms in total. The molecule has 0 fully saturated rings. The monoisotopic (exact) mass is 254 g/mol. The molecule has 2 rings (SSSR count). The summed E-state index contributed by atoms with van der Waals surface area (Å²) in [5, 5.41) is 0. The number of hydrogen-bond acceptors (Lipinski definition) is 2. The first-order chi connectivity index (χ1) is 9.08. The van der Waals surface area contributed by atoms with Gasteiger partial charge in [-0.2, -0.15) is 0 Å². The normalized spacial score (nSPS) is 10.5. The third-order valence-corrected chi connectivity index (χ3v) is 2.99. The van der Waals surface area contributed by atoms with Gasteiger partial charge in [0.1, 0.15) is 5.75 Å². The van der Waals surface area contributed by atoms with E-state index in [1.54, 1.807) is 6.07 Å². The van der Waals surface area contributed by atoms with E-state index in [1.807, 2.05) is 24.3 Å². The fourth-order valence-electron chi connectivity index (χ4n) is 2.16. The highest BCUT2D eigenvalue weighted by atomic mass is 16.5. The number of rotatable bonds is 3. The zero-order valence-corrected chi connectivity index (χ0v) is 11.5. The Morgan fingerprint density at radius 3 is 2.47 bits per heavy atom. The lowest BCUT2D eigenvalue weighted by molar-refractivity contribution is -0.131. The van der Waals surface area contributed by atoms with Crippen LogP contribution in [0.3, 0.4) is 0 Å². The predicted octanol–water partition coefficient (Wildman–Crippen LogP) is 4.40. The molecule has 19 heavy (non-hydrogen) atoms. The van der Waals surface area contributed by atoms with Crippen LogP contribution in [-0.2, 0) is 4.79 Å². The fraction of sp³-hybridized carbons (Fsp3) is 0.235. The first-order valence-electron chi connectivity index (χ1n) is 6.45. The van der Waals surface area contributed by atoms with Gasteiger partial charge in [0.25, 0.3) is 0 Å². The summed E-state index contributed by atoms with van der Waals surface area (Å²) in [6.07, 6.45) is 0. The highest BCUT2D eigenvalue weighted by Gasteiger charge is 2.08. The minimum absolute atomic E-state index is 0.297. The van der Waals surface area contributed by atoms with Crippen molar-refractivity contribution in [1.82, 2.24) is 0 Å². The second-order valence-corrected chi connectivity index (χ2v) is 4.86. The van der Waals surface area contributed by atoms with Crippen LogP contribution in [0.25, 0.3) is 11.1 Å². The van der Waals surface area contributed by atoms with Crippen molar-refractivity contribution in [2.24, 2.45) is 0 Å². The molecule has 2 aromatic carbocycles. The van der Waals surface area contributed by atoms with Crippen molar-refractivity contribution in [1.29, 1.82) is 0 Å². The van der Waals surface area contributed by atoms with Gasteiger partial charge in [0.2, 0.25) is 0 Å². The lowest BCUT2D eigenvalue weighted by Crippen LogP contribution is -2.01. The van der Waals surface area contributed by atoms with Crippen LogP contribution in [0.15, 0.2) is 48.5 Å². The Morgan fingerprint density at radius 1 is 1.05 bits per heavy atom. The Morgan fingerprint density at radius 2 is 1.79 bits per heavy atom. The Balaban J connectivity index is 2.44. The summed E-state index contributed by atoms with van der Waals surface area (Å²) in [6, 6.07) is 16.0. The molecule has 0 saturated carbocycles. The van der Waals surface area contributed by atoms with E-state index >= 15 is 0 Å². The molecule has 0 spiro atoms. The van der Waals surface area contributed by atoms with Crippen molar-refractivity contribution < 1.29 is 9.53 Å². The second kappa shape index (κ2) is 5.70. The number of hydrogen-bond donors (Lipinski definition) is 0. The van der Waals surface area contributed by atoms with Crippen molar-refractivity contribution in [3.63, 3.8) is 0 Å². The predicted molar refractivity (Wildman–Crippen MR) is 77.3 cm³/mol. The van der Waals surface area contributed by atoms with E-state index in [9.17, 15) is 4.79 Å². The zero-order chi connectivity index (χ0) is 13.8. The third kappa shape index (κ3) is 3.22. The molecule has 0 saturated heterocycles. The average Bonchev–Trinajstić information content (AvgIpc) is 2.38. The Bertz CT molecular complexity index is 585. The first kappa shape index (κ1) is 13.3. The van der Waals surface area contributed by atoms with Gasteiger partial charge in [-0.15, -0.1) is 0 Å². The van der Waals surface area contributed by atoms with E-state index in [1.165, 1.54) is 18.1 Å². The van der Waals surface area contributed by atoms with Gasteiger partial charge in [-0.25, -0.2) is 0 Å². The number of carbonyl (C=O) groups is 1. The molecule has 0 aliphatic rings. The summed E-state index contributed by atoms with van der Waals surface area (Å²) in [5.74, 6) is 0.742. The van der Waals surface area contributed by atoms with Crippen LogP contribution in [0.4, 0.5) is 0 Å². The molecule has 0 N–H and O–H groups in total. The molecule has 0 amide bonds. The highest BCUT2D eigenvalue weighted by Crippen LogP contribution is 2.30. The van der Waals surface area contributed by atoms with Crippen molar-refractivity contribution in [2.45, 2.75) is 26.7 Å². The maximum Gasteiger partial charge on any atom is 0.308 e. The standard InChI is InChI=1S/C17H18O2/c1-12(2)16-9-4-5-10-17(16)14-7-6-8-15(11-14)19-13(3)18/h4-12H,1-3H3. The molecule has 0 aliphatic carbocycles. The highest BCUT2D eigenvalue weighted by molar-refractivity contribution is 5.72. The van der Waals surface area contributed by atoms with E-state index in [-0.39, 0.29) is 5.97 Å². The largest absolute Gasteiger partial charge is 0.427 e. The fourth-order valence-corrected chi connectivity index (χ4v) is 2.16. The van der Waals surface area contributed by atoms with Gasteiger partial charge in [-0.3, -0.25) is 4.79 Å². The molecule has 98 valence electrons. The maximum atomic E-state index is 11.0. The van der Waals surface area contributed by atoms with Crippen LogP contribution in [0.5, 0.6) is 5.75 Å². The van der Waals surface area contributed by atoms with Crippen molar-refractivity contribution >= 4 is 5.97 Å². The van der Waals surface area contributed by atoms with Gasteiger partial charge in [0.15, 0.2) is 0 Å². The quantitative estimate of drug-likeness (QED) is 0.599. The number of benzene rings is 2. The van der Waals surface area contributed by atoms with E-state index in [2.05, 4.69) is 32.0 Å². The smallest absolute Gasteiger partial charge is 0.308 e. The molecular weight excluding hydrogens is 236 g/mol. The van der Waals surface area contributed by atoms with E-state index in [0.717, 1.165) is 5.56 Å². The molecule has 0 heterocycles. The SMILES string of the molecule is CC(=O)Oc1cccc(-c2ccccc2C(C)C)c1. The summed E-state index contributed by atoms with van der Waals surface area (Å²) in [4.78, 5) is 11.0. The van der Waals surface area contributed by atoms with Crippen LogP contribution in [-0.4, -0.2) is 5.97 Å². The molecule has 0 unspecified atom stereocenters. The molecule has 0 aliphatic heterocycles. The summed E-state index contributed by atoms with van der Waals surface area (Å²) >= 11 is 0. The van der Waals surface area contributed by atoms with Gasteiger partial charge in [0, 0.05) is 6.92 Å². The summed E-state index contributed by atoms with van der Waals surface area (Å²) in [6.45, 7) is 5.76. The molecule has 2 heteroatoms. The van der Waals surface area contributed by atoms with Crippen molar-refractivity contribution in [3.8, 4) is 16.9 Å². The van der Waals surface area contributed by atoms with Crippen LogP contribution >= 0.6 is 0 Å². The second-order valence-electron chi connectivity index (χ2n) is 4.86. The van der Waals surface area contributed by atoms with Gasteiger partial charge in [-0.1, -0.05) is 50.2 Å². The third-order valence-electron chi connectivity index (χ3n) is 2.99. The van der Waals surface area contributed by atoms with Gasteiger partial charge < -0.3 is 4.74 Å². The Hall–Kier alpha value is -2.09. The molecule has 0 atom stereocenters. The molecule has 0 radical (unpaired) electrons. The van der Waals surface area contributed by atoms with Crippen LogP contribution in [0.2, 0.25) is 0 Å². The van der Waals surface area contributed by atoms with E-state index in [4.69, 9.17) is 4.74 Å². The topological polar surface area (TPSA) is 26.3 Å². The van der Waals surface area contributed by atoms with Crippen LogP contribution in [0.1, 0.15) is 32.3 Å². The van der Waals surface area contributed by atoms with Crippen LogP contribution in [0, 0.1) is 0 Å².